The first kappa shape index (κ1) is 16.7. The summed E-state index contributed by atoms with van der Waals surface area (Å²) in [4.78, 5) is 10.7. The number of hydrogen-bond acceptors (Lipinski definition) is 2. The van der Waals surface area contributed by atoms with Crippen LogP contribution in [0.1, 0.15) is 0 Å². The zero-order valence-corrected chi connectivity index (χ0v) is 8.66. The van der Waals surface area contributed by atoms with E-state index in [4.69, 9.17) is 0 Å². The smallest absolute Gasteiger partial charge is 0.351 e. The van der Waals surface area contributed by atoms with E-state index in [1.807, 2.05) is 5.32 Å². The number of hydrogen-bond donors (Lipinski definition) is 1. The molecule has 0 heterocycles. The zero-order valence-electron chi connectivity index (χ0n) is 8.66. The molecule has 18 heavy (non-hydrogen) atoms. The standard InChI is InChI=1S/C8H8F7NO2/c1-2-3-16-5(17)4-18-8(14,15)6(9,10)7(11,12)13/h2H,1,3-4H2,(H,16,17). The molecule has 1 amide bonds. The highest BCUT2D eigenvalue weighted by Crippen LogP contribution is 2.46. The highest BCUT2D eigenvalue weighted by molar-refractivity contribution is 5.77. The molecule has 0 fully saturated rings. The Kier molecular flexibility index (Phi) is 5.14. The Bertz CT molecular complexity index is 313. The SMILES string of the molecule is C=CCNC(=O)COC(F)(F)C(F)(F)C(F)(F)F. The Hall–Kier alpha value is -1.32. The molecule has 0 atom stereocenters. The summed E-state index contributed by atoms with van der Waals surface area (Å²) in [5.74, 6) is -7.67. The van der Waals surface area contributed by atoms with Crippen molar-refractivity contribution in [3.05, 3.63) is 12.7 Å². The van der Waals surface area contributed by atoms with Crippen LogP contribution >= 0.6 is 0 Å². The monoisotopic (exact) mass is 283 g/mol. The van der Waals surface area contributed by atoms with Crippen LogP contribution in [0.5, 0.6) is 0 Å². The van der Waals surface area contributed by atoms with Crippen LogP contribution in [-0.4, -0.2) is 37.3 Å². The van der Waals surface area contributed by atoms with Crippen LogP contribution in [0, 0.1) is 0 Å². The van der Waals surface area contributed by atoms with E-state index in [2.05, 4.69) is 11.3 Å². The molecule has 0 aromatic heterocycles. The zero-order chi connectivity index (χ0) is 14.6. The molecular weight excluding hydrogens is 275 g/mol. The molecule has 0 spiro atoms. The van der Waals surface area contributed by atoms with Gasteiger partial charge >= 0.3 is 18.2 Å². The molecule has 0 unspecified atom stereocenters. The van der Waals surface area contributed by atoms with E-state index in [0.29, 0.717) is 0 Å². The van der Waals surface area contributed by atoms with Gasteiger partial charge in [-0.05, 0) is 0 Å². The predicted octanol–water partition coefficient (Wildman–Crippen LogP) is 2.10. The van der Waals surface area contributed by atoms with Crippen LogP contribution in [0.3, 0.4) is 0 Å². The first-order chi connectivity index (χ1) is 7.95. The quantitative estimate of drug-likeness (QED) is 0.599. The van der Waals surface area contributed by atoms with Gasteiger partial charge in [-0.3, -0.25) is 4.79 Å². The first-order valence-corrected chi connectivity index (χ1v) is 4.29. The average Bonchev–Trinajstić information content (AvgIpc) is 2.21. The molecule has 106 valence electrons. The lowest BCUT2D eigenvalue weighted by atomic mass is 10.3. The molecule has 0 aliphatic rings. The van der Waals surface area contributed by atoms with E-state index in [0.717, 1.165) is 6.08 Å². The Balaban J connectivity index is 4.57. The van der Waals surface area contributed by atoms with Crippen molar-refractivity contribution in [2.75, 3.05) is 13.2 Å². The Morgan fingerprint density at radius 1 is 1.17 bits per heavy atom. The highest BCUT2D eigenvalue weighted by atomic mass is 19.4. The fraction of sp³-hybridized carbons (Fsp3) is 0.625. The van der Waals surface area contributed by atoms with Gasteiger partial charge in [-0.25, -0.2) is 0 Å². The number of rotatable bonds is 6. The minimum Gasteiger partial charge on any atom is -0.351 e. The summed E-state index contributed by atoms with van der Waals surface area (Å²) in [5, 5.41) is 1.85. The molecule has 3 nitrogen and oxygen atoms in total. The van der Waals surface area contributed by atoms with Crippen LogP contribution in [0.4, 0.5) is 30.7 Å². The summed E-state index contributed by atoms with van der Waals surface area (Å²) < 4.78 is 87.4. The maximum Gasteiger partial charge on any atom is 0.462 e. The molecule has 0 aromatic rings. The molecule has 0 bridgehead atoms. The van der Waals surface area contributed by atoms with E-state index in [1.165, 1.54) is 0 Å². The van der Waals surface area contributed by atoms with Gasteiger partial charge in [0.25, 0.3) is 0 Å². The molecule has 0 rings (SSSR count). The van der Waals surface area contributed by atoms with Gasteiger partial charge in [0.05, 0.1) is 0 Å². The second-order valence-corrected chi connectivity index (χ2v) is 2.97. The summed E-state index contributed by atoms with van der Waals surface area (Å²) in [5.41, 5.74) is 0. The molecule has 0 aliphatic heterocycles. The van der Waals surface area contributed by atoms with Crippen molar-refractivity contribution in [2.24, 2.45) is 0 Å². The number of carbonyl (C=O) groups excluding carboxylic acids is 1. The number of amides is 1. The first-order valence-electron chi connectivity index (χ1n) is 4.29. The van der Waals surface area contributed by atoms with Crippen LogP contribution < -0.4 is 5.32 Å². The van der Waals surface area contributed by atoms with E-state index in [-0.39, 0.29) is 6.54 Å². The predicted molar refractivity (Wildman–Crippen MR) is 45.1 cm³/mol. The Morgan fingerprint density at radius 2 is 1.67 bits per heavy atom. The van der Waals surface area contributed by atoms with Gasteiger partial charge in [-0.1, -0.05) is 6.08 Å². The maximum atomic E-state index is 12.5. The third kappa shape index (κ3) is 3.86. The number of nitrogens with one attached hydrogen (secondary N) is 1. The van der Waals surface area contributed by atoms with E-state index < -0.39 is 30.7 Å². The molecule has 0 saturated carbocycles. The van der Waals surface area contributed by atoms with E-state index >= 15 is 0 Å². The third-order valence-electron chi connectivity index (χ3n) is 1.55. The number of alkyl halides is 7. The minimum absolute atomic E-state index is 0.177. The molecule has 0 aromatic carbocycles. The van der Waals surface area contributed by atoms with Crippen LogP contribution in [0.2, 0.25) is 0 Å². The van der Waals surface area contributed by atoms with Crippen molar-refractivity contribution in [1.29, 1.82) is 0 Å². The molecule has 0 radical (unpaired) electrons. The molecular formula is C8H8F7NO2. The molecule has 1 N–H and O–H groups in total. The summed E-state index contributed by atoms with van der Waals surface area (Å²) in [7, 11) is 0. The lowest BCUT2D eigenvalue weighted by molar-refractivity contribution is -0.422. The van der Waals surface area contributed by atoms with Crippen molar-refractivity contribution >= 4 is 5.91 Å². The summed E-state index contributed by atoms with van der Waals surface area (Å²) in [6.45, 7) is 1.32. The lowest BCUT2D eigenvalue weighted by Gasteiger charge is -2.27. The average molecular weight is 283 g/mol. The minimum atomic E-state index is -6.49. The summed E-state index contributed by atoms with van der Waals surface area (Å²) in [6, 6.07) is 0. The molecule has 0 aliphatic carbocycles. The fourth-order valence-electron chi connectivity index (χ4n) is 0.649. The van der Waals surface area contributed by atoms with Crippen molar-refractivity contribution in [1.82, 2.24) is 5.32 Å². The normalized spacial score (nSPS) is 13.3. The van der Waals surface area contributed by atoms with E-state index in [1.54, 1.807) is 0 Å². The fourth-order valence-corrected chi connectivity index (χ4v) is 0.649. The number of ether oxygens (including phenoxy) is 1. The number of halogens is 7. The van der Waals surface area contributed by atoms with E-state index in [9.17, 15) is 35.5 Å². The number of carbonyl (C=O) groups is 1. The van der Waals surface area contributed by atoms with Gasteiger partial charge < -0.3 is 10.1 Å². The molecule has 0 saturated heterocycles. The van der Waals surface area contributed by atoms with Crippen LogP contribution in [0.25, 0.3) is 0 Å². The Morgan fingerprint density at radius 3 is 2.06 bits per heavy atom. The summed E-state index contributed by atoms with van der Waals surface area (Å²) >= 11 is 0. The summed E-state index contributed by atoms with van der Waals surface area (Å²) in [6.07, 6.45) is -11.2. The Labute approximate surface area is 96.6 Å². The highest BCUT2D eigenvalue weighted by Gasteiger charge is 2.74. The van der Waals surface area contributed by atoms with Crippen LogP contribution in [-0.2, 0) is 9.53 Å². The second-order valence-electron chi connectivity index (χ2n) is 2.97. The topological polar surface area (TPSA) is 38.3 Å². The van der Waals surface area contributed by atoms with Gasteiger partial charge in [0.1, 0.15) is 6.61 Å². The van der Waals surface area contributed by atoms with Gasteiger partial charge in [0, 0.05) is 6.54 Å². The van der Waals surface area contributed by atoms with Crippen molar-refractivity contribution in [2.45, 2.75) is 18.2 Å². The van der Waals surface area contributed by atoms with Gasteiger partial charge in [-0.2, -0.15) is 30.7 Å². The third-order valence-corrected chi connectivity index (χ3v) is 1.55. The second kappa shape index (κ2) is 5.55. The van der Waals surface area contributed by atoms with Crippen molar-refractivity contribution < 1.29 is 40.3 Å². The van der Waals surface area contributed by atoms with Gasteiger partial charge in [-0.15, -0.1) is 6.58 Å². The van der Waals surface area contributed by atoms with Crippen molar-refractivity contribution in [3.8, 4) is 0 Å². The van der Waals surface area contributed by atoms with Gasteiger partial charge in [0.15, 0.2) is 0 Å². The van der Waals surface area contributed by atoms with Crippen molar-refractivity contribution in [3.63, 3.8) is 0 Å². The van der Waals surface area contributed by atoms with Gasteiger partial charge in [0.2, 0.25) is 5.91 Å². The lowest BCUT2D eigenvalue weighted by Crippen LogP contribution is -2.54. The van der Waals surface area contributed by atoms with Crippen LogP contribution in [0.15, 0.2) is 12.7 Å². The largest absolute Gasteiger partial charge is 0.462 e. The maximum absolute atomic E-state index is 12.5. The molecule has 10 heteroatoms.